The van der Waals surface area contributed by atoms with E-state index >= 15 is 0 Å². The quantitative estimate of drug-likeness (QED) is 0.832. The molecule has 1 saturated carbocycles. The highest BCUT2D eigenvalue weighted by molar-refractivity contribution is 4.99. The minimum absolute atomic E-state index is 0.0729. The summed E-state index contributed by atoms with van der Waals surface area (Å²) >= 11 is 0. The Kier molecular flexibility index (Phi) is 4.91. The fourth-order valence-corrected chi connectivity index (χ4v) is 4.25. The summed E-state index contributed by atoms with van der Waals surface area (Å²) in [6.45, 7) is 5.38. The van der Waals surface area contributed by atoms with Crippen molar-refractivity contribution < 1.29 is 9.47 Å². The minimum Gasteiger partial charge on any atom is -0.377 e. The Hall–Kier alpha value is -0.120. The topological polar surface area (TPSA) is 30.5 Å². The first-order valence-electron chi connectivity index (χ1n) is 7.95. The summed E-state index contributed by atoms with van der Waals surface area (Å²) in [5.41, 5.74) is 0.122. The van der Waals surface area contributed by atoms with E-state index in [9.17, 15) is 0 Å². The molecule has 0 bridgehead atoms. The third-order valence-electron chi connectivity index (χ3n) is 5.65. The molecule has 2 aliphatic rings. The lowest BCUT2D eigenvalue weighted by Gasteiger charge is -2.46. The molecular weight excluding hydrogens is 238 g/mol. The molecule has 0 aromatic rings. The molecule has 1 heterocycles. The van der Waals surface area contributed by atoms with Crippen LogP contribution in [0.15, 0.2) is 0 Å². The second-order valence-corrected chi connectivity index (χ2v) is 6.63. The van der Waals surface area contributed by atoms with Gasteiger partial charge in [-0.15, -0.1) is 0 Å². The third kappa shape index (κ3) is 2.98. The number of nitrogens with one attached hydrogen (secondary N) is 1. The number of methoxy groups -OCH3 is 1. The van der Waals surface area contributed by atoms with E-state index in [1.165, 1.54) is 32.1 Å². The van der Waals surface area contributed by atoms with E-state index in [2.05, 4.69) is 26.2 Å². The van der Waals surface area contributed by atoms with Gasteiger partial charge in [-0.3, -0.25) is 0 Å². The summed E-state index contributed by atoms with van der Waals surface area (Å²) in [5, 5.41) is 3.54. The van der Waals surface area contributed by atoms with Crippen LogP contribution in [0.1, 0.15) is 58.8 Å². The fraction of sp³-hybridized carbons (Fsp3) is 1.00. The van der Waals surface area contributed by atoms with Crippen LogP contribution in [0.2, 0.25) is 0 Å². The zero-order chi connectivity index (χ0) is 13.9. The molecule has 1 aliphatic heterocycles. The Morgan fingerprint density at radius 3 is 2.63 bits per heavy atom. The van der Waals surface area contributed by atoms with E-state index in [0.29, 0.717) is 12.0 Å². The van der Waals surface area contributed by atoms with Gasteiger partial charge in [-0.25, -0.2) is 0 Å². The van der Waals surface area contributed by atoms with Gasteiger partial charge in [-0.1, -0.05) is 19.8 Å². The van der Waals surface area contributed by atoms with E-state index in [-0.39, 0.29) is 11.2 Å². The van der Waals surface area contributed by atoms with Crippen LogP contribution < -0.4 is 5.32 Å². The predicted molar refractivity (Wildman–Crippen MR) is 78.4 cm³/mol. The maximum Gasteiger partial charge on any atom is 0.0803 e. The van der Waals surface area contributed by atoms with E-state index < -0.39 is 0 Å². The average Bonchev–Trinajstić information content (AvgIpc) is 2.87. The molecule has 0 amide bonds. The highest BCUT2D eigenvalue weighted by atomic mass is 16.5. The van der Waals surface area contributed by atoms with Crippen molar-refractivity contribution >= 4 is 0 Å². The van der Waals surface area contributed by atoms with Gasteiger partial charge in [0.2, 0.25) is 0 Å². The maximum atomic E-state index is 6.16. The van der Waals surface area contributed by atoms with E-state index in [0.717, 1.165) is 19.4 Å². The number of rotatable bonds is 5. The molecule has 1 saturated heterocycles. The Labute approximate surface area is 118 Å². The molecule has 2 fully saturated rings. The van der Waals surface area contributed by atoms with Crippen LogP contribution in [0, 0.1) is 5.92 Å². The zero-order valence-corrected chi connectivity index (χ0v) is 13.1. The lowest BCUT2D eigenvalue weighted by atomic mass is 9.74. The molecule has 3 unspecified atom stereocenters. The van der Waals surface area contributed by atoms with Crippen LogP contribution in [-0.4, -0.2) is 38.0 Å². The molecule has 3 heteroatoms. The van der Waals surface area contributed by atoms with Crippen molar-refractivity contribution in [2.75, 3.05) is 20.8 Å². The number of hydrogen-bond acceptors (Lipinski definition) is 3. The summed E-state index contributed by atoms with van der Waals surface area (Å²) < 4.78 is 12.0. The summed E-state index contributed by atoms with van der Waals surface area (Å²) in [6, 6.07) is 0.420. The van der Waals surface area contributed by atoms with Crippen molar-refractivity contribution in [2.24, 2.45) is 5.92 Å². The van der Waals surface area contributed by atoms with Crippen LogP contribution in [0.5, 0.6) is 0 Å². The molecule has 19 heavy (non-hydrogen) atoms. The van der Waals surface area contributed by atoms with Crippen LogP contribution in [0.25, 0.3) is 0 Å². The molecule has 0 radical (unpaired) electrons. The Morgan fingerprint density at radius 1 is 1.42 bits per heavy atom. The summed E-state index contributed by atoms with van der Waals surface area (Å²) in [5.74, 6) is 0.668. The highest BCUT2D eigenvalue weighted by Crippen LogP contribution is 2.44. The van der Waals surface area contributed by atoms with Crippen molar-refractivity contribution in [1.82, 2.24) is 5.32 Å². The van der Waals surface area contributed by atoms with Gasteiger partial charge >= 0.3 is 0 Å². The van der Waals surface area contributed by atoms with Gasteiger partial charge in [0.1, 0.15) is 0 Å². The molecule has 0 aromatic heterocycles. The molecule has 112 valence electrons. The van der Waals surface area contributed by atoms with Gasteiger partial charge in [-0.05, 0) is 52.0 Å². The first-order valence-corrected chi connectivity index (χ1v) is 7.95. The lowest BCUT2D eigenvalue weighted by Crippen LogP contribution is -2.56. The molecular formula is C16H31NO2. The van der Waals surface area contributed by atoms with Gasteiger partial charge in [0.25, 0.3) is 0 Å². The average molecular weight is 269 g/mol. The van der Waals surface area contributed by atoms with E-state index in [1.807, 2.05) is 7.11 Å². The zero-order valence-electron chi connectivity index (χ0n) is 13.1. The fourth-order valence-electron chi connectivity index (χ4n) is 4.25. The Balaban J connectivity index is 2.10. The third-order valence-corrected chi connectivity index (χ3v) is 5.65. The Bertz CT molecular complexity index is 282. The monoisotopic (exact) mass is 269 g/mol. The van der Waals surface area contributed by atoms with Crippen LogP contribution in [0.4, 0.5) is 0 Å². The smallest absolute Gasteiger partial charge is 0.0803 e. The van der Waals surface area contributed by atoms with Gasteiger partial charge in [0, 0.05) is 19.8 Å². The largest absolute Gasteiger partial charge is 0.377 e. The van der Waals surface area contributed by atoms with Crippen LogP contribution >= 0.6 is 0 Å². The van der Waals surface area contributed by atoms with Crippen molar-refractivity contribution in [3.63, 3.8) is 0 Å². The molecule has 2 rings (SSSR count). The van der Waals surface area contributed by atoms with E-state index in [4.69, 9.17) is 9.47 Å². The SMILES string of the molecule is CCC(C)(OC)C(NC)C1CCOC2(CCCC2)C1. The first-order chi connectivity index (χ1) is 9.09. The maximum absolute atomic E-state index is 6.16. The van der Waals surface area contributed by atoms with Gasteiger partial charge < -0.3 is 14.8 Å². The van der Waals surface area contributed by atoms with E-state index in [1.54, 1.807) is 0 Å². The molecule has 0 aromatic carbocycles. The summed E-state index contributed by atoms with van der Waals surface area (Å²) in [6.07, 6.45) is 8.60. The predicted octanol–water partition coefficient (Wildman–Crippen LogP) is 3.13. The minimum atomic E-state index is -0.0729. The first kappa shape index (κ1) is 15.3. The lowest BCUT2D eigenvalue weighted by molar-refractivity contribution is -0.120. The number of hydrogen-bond donors (Lipinski definition) is 1. The summed E-state index contributed by atoms with van der Waals surface area (Å²) in [4.78, 5) is 0. The van der Waals surface area contributed by atoms with Crippen LogP contribution in [0.3, 0.4) is 0 Å². The highest BCUT2D eigenvalue weighted by Gasteiger charge is 2.45. The molecule has 1 spiro atoms. The van der Waals surface area contributed by atoms with Crippen molar-refractivity contribution in [1.29, 1.82) is 0 Å². The van der Waals surface area contributed by atoms with Crippen LogP contribution in [-0.2, 0) is 9.47 Å². The van der Waals surface area contributed by atoms with Gasteiger partial charge in [0.05, 0.1) is 11.2 Å². The summed E-state index contributed by atoms with van der Waals surface area (Å²) in [7, 11) is 3.92. The number of likely N-dealkylation sites (N-methyl/N-ethyl adjacent to an activating group) is 1. The van der Waals surface area contributed by atoms with Gasteiger partial charge in [-0.2, -0.15) is 0 Å². The molecule has 1 aliphatic carbocycles. The second kappa shape index (κ2) is 6.11. The molecule has 3 nitrogen and oxygen atoms in total. The Morgan fingerprint density at radius 2 is 2.11 bits per heavy atom. The standard InChI is InChI=1S/C16H31NO2/c1-5-15(2,18-4)14(17-3)13-8-11-19-16(12-13)9-6-7-10-16/h13-14,17H,5-12H2,1-4H3. The molecule has 3 atom stereocenters. The van der Waals surface area contributed by atoms with Crippen molar-refractivity contribution in [2.45, 2.75) is 76.0 Å². The normalized spacial score (nSPS) is 31.3. The number of ether oxygens (including phenoxy) is 2. The molecule has 1 N–H and O–H groups in total. The van der Waals surface area contributed by atoms with Crippen molar-refractivity contribution in [3.8, 4) is 0 Å². The van der Waals surface area contributed by atoms with Gasteiger partial charge in [0.15, 0.2) is 0 Å². The van der Waals surface area contributed by atoms with Crippen molar-refractivity contribution in [3.05, 3.63) is 0 Å². The second-order valence-electron chi connectivity index (χ2n) is 6.63.